The molecule has 6 nitrogen and oxygen atoms in total. The Bertz CT molecular complexity index is 1450. The molecule has 198 valence electrons. The molecule has 39 heavy (non-hydrogen) atoms. The van der Waals surface area contributed by atoms with Gasteiger partial charge in [-0.25, -0.2) is 9.59 Å². The van der Waals surface area contributed by atoms with Crippen molar-refractivity contribution in [2.45, 2.75) is 12.2 Å². The molecule has 0 spiro atoms. The van der Waals surface area contributed by atoms with E-state index in [0.717, 1.165) is 28.7 Å². The van der Waals surface area contributed by atoms with Crippen LogP contribution in [0, 0.1) is 0 Å². The monoisotopic (exact) mass is 542 g/mol. The smallest absolute Gasteiger partial charge is 0.330 e. The summed E-state index contributed by atoms with van der Waals surface area (Å²) < 4.78 is 23.4. The molecular formula is C32H27ClO6. The number of carbonyl (C=O) groups excluding carboxylic acids is 2. The van der Waals surface area contributed by atoms with Crippen LogP contribution in [0.25, 0.3) is 10.8 Å². The Morgan fingerprint density at radius 1 is 0.692 bits per heavy atom. The minimum Gasteiger partial charge on any atom is -0.489 e. The van der Waals surface area contributed by atoms with Gasteiger partial charge in [0.15, 0.2) is 12.2 Å². The van der Waals surface area contributed by atoms with Gasteiger partial charge < -0.3 is 18.9 Å². The Labute approximate surface area is 232 Å². The largest absolute Gasteiger partial charge is 0.489 e. The van der Waals surface area contributed by atoms with Crippen molar-refractivity contribution in [1.29, 1.82) is 0 Å². The van der Waals surface area contributed by atoms with Crippen LogP contribution in [0.2, 0.25) is 5.02 Å². The van der Waals surface area contributed by atoms with Gasteiger partial charge in [0.2, 0.25) is 0 Å². The van der Waals surface area contributed by atoms with Crippen LogP contribution < -0.4 is 9.47 Å². The Morgan fingerprint density at radius 2 is 1.15 bits per heavy atom. The highest BCUT2D eigenvalue weighted by molar-refractivity contribution is 6.33. The fourth-order valence-electron chi connectivity index (χ4n) is 3.98. The average Bonchev–Trinajstić information content (AvgIpc) is 2.98. The van der Waals surface area contributed by atoms with Crippen molar-refractivity contribution in [1.82, 2.24) is 0 Å². The molecule has 7 heteroatoms. The first-order valence-electron chi connectivity index (χ1n) is 12.2. The molecule has 0 N–H and O–H groups in total. The molecule has 0 aliphatic carbocycles. The van der Waals surface area contributed by atoms with Crippen LogP contribution >= 0.6 is 11.6 Å². The maximum atomic E-state index is 12.0. The van der Waals surface area contributed by atoms with E-state index in [4.69, 9.17) is 30.5 Å². The molecule has 0 aliphatic heterocycles. The second-order valence-electron chi connectivity index (χ2n) is 8.43. The summed E-state index contributed by atoms with van der Waals surface area (Å²) in [4.78, 5) is 23.9. The van der Waals surface area contributed by atoms with Crippen molar-refractivity contribution in [3.8, 4) is 11.5 Å². The number of rotatable bonds is 12. The standard InChI is InChI=1S/C32H27ClO6/c1-3-30(34)38-28(22-13-7-5-8-14-22)20-36-27-19-26(33)32(25-18-12-11-17-24(25)27)37-21-29(39-31(35)4-2)23-15-9-6-10-16-23/h3-19,28-29H,1-2,20-21H2. The third-order valence-electron chi connectivity index (χ3n) is 5.87. The zero-order valence-corrected chi connectivity index (χ0v) is 21.9. The van der Waals surface area contributed by atoms with Crippen LogP contribution in [0.5, 0.6) is 11.5 Å². The van der Waals surface area contributed by atoms with E-state index in [1.807, 2.05) is 84.9 Å². The normalized spacial score (nSPS) is 12.1. The second kappa shape index (κ2) is 13.3. The van der Waals surface area contributed by atoms with Crippen molar-refractivity contribution < 1.29 is 28.5 Å². The van der Waals surface area contributed by atoms with Crippen LogP contribution in [0.4, 0.5) is 0 Å². The Hall–Kier alpha value is -4.55. The predicted molar refractivity (Wildman–Crippen MR) is 151 cm³/mol. The molecule has 0 saturated carbocycles. The van der Waals surface area contributed by atoms with Gasteiger partial charge in [-0.15, -0.1) is 0 Å². The molecule has 4 rings (SSSR count). The molecule has 0 heterocycles. The molecule has 2 atom stereocenters. The van der Waals surface area contributed by atoms with Crippen LogP contribution in [0.3, 0.4) is 0 Å². The molecule has 0 radical (unpaired) electrons. The number of halogens is 1. The molecule has 2 unspecified atom stereocenters. The maximum Gasteiger partial charge on any atom is 0.330 e. The summed E-state index contributed by atoms with van der Waals surface area (Å²) in [7, 11) is 0. The summed E-state index contributed by atoms with van der Waals surface area (Å²) in [5.41, 5.74) is 1.55. The van der Waals surface area contributed by atoms with Gasteiger partial charge >= 0.3 is 11.9 Å². The minimum absolute atomic E-state index is 0.0289. The van der Waals surface area contributed by atoms with Crippen LogP contribution in [0.15, 0.2) is 116 Å². The quantitative estimate of drug-likeness (QED) is 0.139. The van der Waals surface area contributed by atoms with Crippen molar-refractivity contribution >= 4 is 34.3 Å². The van der Waals surface area contributed by atoms with Crippen LogP contribution in [-0.2, 0) is 19.1 Å². The minimum atomic E-state index is -0.673. The fourth-order valence-corrected chi connectivity index (χ4v) is 4.24. The van der Waals surface area contributed by atoms with Crippen molar-refractivity contribution in [2.75, 3.05) is 13.2 Å². The number of fused-ring (bicyclic) bond motifs is 1. The summed E-state index contributed by atoms with van der Waals surface area (Å²) in [5.74, 6) is -0.189. The van der Waals surface area contributed by atoms with Crippen LogP contribution in [0.1, 0.15) is 23.3 Å². The van der Waals surface area contributed by atoms with Crippen molar-refractivity contribution in [3.63, 3.8) is 0 Å². The number of benzene rings is 4. The van der Waals surface area contributed by atoms with E-state index in [0.29, 0.717) is 21.9 Å². The highest BCUT2D eigenvalue weighted by atomic mass is 35.5. The summed E-state index contributed by atoms with van der Waals surface area (Å²) in [5, 5.41) is 1.77. The van der Waals surface area contributed by atoms with Gasteiger partial charge in [-0.05, 0) is 11.1 Å². The number of hydrogen-bond donors (Lipinski definition) is 0. The Morgan fingerprint density at radius 3 is 1.67 bits per heavy atom. The first-order chi connectivity index (χ1) is 19.0. The van der Waals surface area contributed by atoms with Gasteiger partial charge in [-0.3, -0.25) is 0 Å². The molecule has 0 aliphatic rings. The van der Waals surface area contributed by atoms with E-state index >= 15 is 0 Å². The highest BCUT2D eigenvalue weighted by Crippen LogP contribution is 2.40. The Kier molecular flexibility index (Phi) is 9.38. The summed E-state index contributed by atoms with van der Waals surface area (Å²) in [6.07, 6.45) is 0.896. The van der Waals surface area contributed by atoms with E-state index in [1.54, 1.807) is 6.07 Å². The molecule has 4 aromatic carbocycles. The van der Waals surface area contributed by atoms with E-state index in [1.165, 1.54) is 0 Å². The predicted octanol–water partition coefficient (Wildman–Crippen LogP) is 7.19. The number of esters is 2. The molecule has 0 saturated heterocycles. The number of hydrogen-bond acceptors (Lipinski definition) is 6. The summed E-state index contributed by atoms with van der Waals surface area (Å²) in [6.45, 7) is 7.04. The average molecular weight is 543 g/mol. The third-order valence-corrected chi connectivity index (χ3v) is 6.15. The first kappa shape index (κ1) is 27.5. The number of ether oxygens (including phenoxy) is 4. The van der Waals surface area contributed by atoms with Gasteiger partial charge in [0.25, 0.3) is 0 Å². The van der Waals surface area contributed by atoms with Gasteiger partial charge in [-0.2, -0.15) is 0 Å². The maximum absolute atomic E-state index is 12.0. The van der Waals surface area contributed by atoms with Crippen LogP contribution in [-0.4, -0.2) is 25.2 Å². The van der Waals surface area contributed by atoms with Gasteiger partial charge in [0.05, 0.1) is 5.02 Å². The third kappa shape index (κ3) is 7.06. The zero-order chi connectivity index (χ0) is 27.6. The lowest BCUT2D eigenvalue weighted by Gasteiger charge is -2.21. The van der Waals surface area contributed by atoms with Crippen molar-refractivity contribution in [3.05, 3.63) is 132 Å². The Balaban J connectivity index is 1.59. The second-order valence-corrected chi connectivity index (χ2v) is 8.84. The summed E-state index contributed by atoms with van der Waals surface area (Å²) >= 11 is 6.68. The molecular weight excluding hydrogens is 516 g/mol. The van der Waals surface area contributed by atoms with E-state index in [-0.39, 0.29) is 13.2 Å². The van der Waals surface area contributed by atoms with E-state index in [9.17, 15) is 9.59 Å². The zero-order valence-electron chi connectivity index (χ0n) is 21.1. The molecule has 0 aromatic heterocycles. The van der Waals surface area contributed by atoms with E-state index in [2.05, 4.69) is 13.2 Å². The lowest BCUT2D eigenvalue weighted by Crippen LogP contribution is -2.18. The summed E-state index contributed by atoms with van der Waals surface area (Å²) in [6, 6.07) is 27.7. The molecule has 0 fully saturated rings. The lowest BCUT2D eigenvalue weighted by atomic mass is 10.1. The lowest BCUT2D eigenvalue weighted by molar-refractivity contribution is -0.145. The van der Waals surface area contributed by atoms with E-state index < -0.39 is 24.1 Å². The number of carbonyl (C=O) groups is 2. The molecule has 0 amide bonds. The van der Waals surface area contributed by atoms with Crippen molar-refractivity contribution in [2.24, 2.45) is 0 Å². The topological polar surface area (TPSA) is 71.1 Å². The van der Waals surface area contributed by atoms with Gasteiger partial charge in [0, 0.05) is 29.0 Å². The highest BCUT2D eigenvalue weighted by Gasteiger charge is 2.21. The first-order valence-corrected chi connectivity index (χ1v) is 12.6. The van der Waals surface area contributed by atoms with Gasteiger partial charge in [0.1, 0.15) is 24.7 Å². The van der Waals surface area contributed by atoms with Gasteiger partial charge in [-0.1, -0.05) is 110 Å². The SMILES string of the molecule is C=CC(=O)OC(COc1cc(Cl)c(OCC(OC(=O)C=C)c2ccccc2)c2ccccc12)c1ccccc1. The molecule has 0 bridgehead atoms. The fraction of sp³-hybridized carbons (Fsp3) is 0.125. The molecule has 4 aromatic rings.